The molecular weight excluding hydrogens is 423 g/mol. The minimum atomic E-state index is -0.127. The molecule has 0 aliphatic rings. The van der Waals surface area contributed by atoms with E-state index in [1.54, 1.807) is 7.11 Å². The Labute approximate surface area is 193 Å². The quantitative estimate of drug-likeness (QED) is 0.306. The molecule has 0 unspecified atom stereocenters. The van der Waals surface area contributed by atoms with Crippen molar-refractivity contribution >= 4 is 22.4 Å². The molecule has 0 saturated heterocycles. The topological polar surface area (TPSA) is 35.0 Å². The van der Waals surface area contributed by atoms with Gasteiger partial charge in [0.2, 0.25) is 0 Å². The van der Waals surface area contributed by atoms with Gasteiger partial charge in [-0.25, -0.2) is 14.4 Å². The Kier molecular flexibility index (Phi) is 7.46. The minimum absolute atomic E-state index is 0.127. The van der Waals surface area contributed by atoms with Crippen molar-refractivity contribution in [3.05, 3.63) is 106 Å². The molecule has 0 amide bonds. The molecule has 0 saturated carbocycles. The van der Waals surface area contributed by atoms with E-state index in [0.717, 1.165) is 59.1 Å². The third kappa shape index (κ3) is 5.70. The third-order valence-corrected chi connectivity index (χ3v) is 5.94. The molecule has 0 radical (unpaired) electrons. The number of aryl methyl sites for hydroxylation is 4. The summed E-state index contributed by atoms with van der Waals surface area (Å²) in [5, 5.41) is 2.30. The van der Waals surface area contributed by atoms with Gasteiger partial charge in [-0.1, -0.05) is 54.1 Å². The van der Waals surface area contributed by atoms with Gasteiger partial charge in [0, 0.05) is 36.3 Å². The standard InChI is InChI=1S/C27H26ClFN2O/c1-32-15-14-21-17-30-26(31-18-21)13-6-20-5-12-25-23(16-20)9-8-22(27(25)29)7-2-19-3-10-24(28)11-4-19/h3-5,8-12,16-18H,2,6-7,13-15H2,1H3. The molecule has 3 aromatic carbocycles. The number of aromatic nitrogens is 2. The monoisotopic (exact) mass is 448 g/mol. The maximum atomic E-state index is 15.1. The molecule has 4 aromatic rings. The fourth-order valence-corrected chi connectivity index (χ4v) is 3.91. The highest BCUT2D eigenvalue weighted by atomic mass is 35.5. The lowest BCUT2D eigenvalue weighted by molar-refractivity contribution is 0.202. The van der Waals surface area contributed by atoms with E-state index in [2.05, 4.69) is 16.0 Å². The highest BCUT2D eigenvalue weighted by molar-refractivity contribution is 6.30. The van der Waals surface area contributed by atoms with E-state index in [-0.39, 0.29) is 5.82 Å². The summed E-state index contributed by atoms with van der Waals surface area (Å²) in [4.78, 5) is 8.90. The average molecular weight is 449 g/mol. The van der Waals surface area contributed by atoms with E-state index >= 15 is 4.39 Å². The van der Waals surface area contributed by atoms with Gasteiger partial charge in [-0.05, 0) is 65.5 Å². The van der Waals surface area contributed by atoms with Crippen LogP contribution in [0.3, 0.4) is 0 Å². The van der Waals surface area contributed by atoms with Gasteiger partial charge in [0.05, 0.1) is 6.61 Å². The lowest BCUT2D eigenvalue weighted by atomic mass is 9.98. The van der Waals surface area contributed by atoms with Gasteiger partial charge in [0.1, 0.15) is 11.6 Å². The van der Waals surface area contributed by atoms with Crippen LogP contribution in [0, 0.1) is 5.82 Å². The number of hydrogen-bond donors (Lipinski definition) is 0. The molecule has 0 N–H and O–H groups in total. The molecule has 1 aromatic heterocycles. The van der Waals surface area contributed by atoms with Crippen molar-refractivity contribution in [1.82, 2.24) is 9.97 Å². The zero-order valence-electron chi connectivity index (χ0n) is 18.2. The van der Waals surface area contributed by atoms with Crippen molar-refractivity contribution in [1.29, 1.82) is 0 Å². The van der Waals surface area contributed by atoms with E-state index in [0.29, 0.717) is 23.4 Å². The summed E-state index contributed by atoms with van der Waals surface area (Å²) in [5.41, 5.74) is 4.11. The first-order chi connectivity index (χ1) is 15.6. The van der Waals surface area contributed by atoms with Crippen LogP contribution in [0.15, 0.2) is 67.0 Å². The Morgan fingerprint density at radius 1 is 0.781 bits per heavy atom. The fourth-order valence-electron chi connectivity index (χ4n) is 3.78. The Bertz CT molecular complexity index is 1180. The van der Waals surface area contributed by atoms with Crippen LogP contribution in [0.5, 0.6) is 0 Å². The molecule has 3 nitrogen and oxygen atoms in total. The van der Waals surface area contributed by atoms with Crippen LogP contribution in [0.4, 0.5) is 4.39 Å². The number of hydrogen-bond acceptors (Lipinski definition) is 3. The average Bonchev–Trinajstić information content (AvgIpc) is 2.82. The molecule has 1 heterocycles. The summed E-state index contributed by atoms with van der Waals surface area (Å²) in [6, 6.07) is 17.6. The number of ether oxygens (including phenoxy) is 1. The zero-order chi connectivity index (χ0) is 22.3. The van der Waals surface area contributed by atoms with Crippen molar-refractivity contribution in [2.75, 3.05) is 13.7 Å². The molecular formula is C27H26ClFN2O. The second kappa shape index (κ2) is 10.7. The van der Waals surface area contributed by atoms with Gasteiger partial charge < -0.3 is 4.74 Å². The predicted molar refractivity (Wildman–Crippen MR) is 128 cm³/mol. The first kappa shape index (κ1) is 22.4. The molecule has 0 atom stereocenters. The smallest absolute Gasteiger partial charge is 0.134 e. The van der Waals surface area contributed by atoms with E-state index in [4.69, 9.17) is 16.3 Å². The van der Waals surface area contributed by atoms with Gasteiger partial charge in [-0.2, -0.15) is 0 Å². The summed E-state index contributed by atoms with van der Waals surface area (Å²) < 4.78 is 20.2. The molecule has 32 heavy (non-hydrogen) atoms. The normalized spacial score (nSPS) is 11.2. The van der Waals surface area contributed by atoms with Crippen LogP contribution < -0.4 is 0 Å². The third-order valence-electron chi connectivity index (χ3n) is 5.69. The van der Waals surface area contributed by atoms with Gasteiger partial charge in [-0.15, -0.1) is 0 Å². The van der Waals surface area contributed by atoms with E-state index in [1.807, 2.05) is 60.9 Å². The Balaban J connectivity index is 1.40. The molecule has 0 bridgehead atoms. The number of nitrogens with zero attached hydrogens (tertiary/aromatic N) is 2. The van der Waals surface area contributed by atoms with Gasteiger partial charge in [0.25, 0.3) is 0 Å². The van der Waals surface area contributed by atoms with Gasteiger partial charge >= 0.3 is 0 Å². The number of fused-ring (bicyclic) bond motifs is 1. The van der Waals surface area contributed by atoms with Crippen molar-refractivity contribution in [2.24, 2.45) is 0 Å². The molecule has 5 heteroatoms. The van der Waals surface area contributed by atoms with Gasteiger partial charge in [-0.3, -0.25) is 0 Å². The summed E-state index contributed by atoms with van der Waals surface area (Å²) in [5.74, 6) is 0.688. The number of halogens is 2. The highest BCUT2D eigenvalue weighted by Gasteiger charge is 2.09. The first-order valence-electron chi connectivity index (χ1n) is 10.9. The van der Waals surface area contributed by atoms with Crippen molar-refractivity contribution in [3.63, 3.8) is 0 Å². The number of benzene rings is 3. The summed E-state index contributed by atoms with van der Waals surface area (Å²) in [6.07, 6.45) is 7.54. The lowest BCUT2D eigenvalue weighted by Gasteiger charge is -2.09. The van der Waals surface area contributed by atoms with E-state index in [9.17, 15) is 0 Å². The molecule has 0 fully saturated rings. The van der Waals surface area contributed by atoms with Crippen LogP contribution >= 0.6 is 11.6 Å². The first-order valence-corrected chi connectivity index (χ1v) is 11.2. The fraction of sp³-hybridized carbons (Fsp3) is 0.259. The summed E-state index contributed by atoms with van der Waals surface area (Å²) in [7, 11) is 1.69. The van der Waals surface area contributed by atoms with Crippen LogP contribution in [-0.4, -0.2) is 23.7 Å². The Morgan fingerprint density at radius 2 is 1.50 bits per heavy atom. The second-order valence-electron chi connectivity index (χ2n) is 7.97. The molecule has 164 valence electrons. The number of rotatable bonds is 9. The van der Waals surface area contributed by atoms with Crippen LogP contribution in [0.25, 0.3) is 10.8 Å². The van der Waals surface area contributed by atoms with Crippen molar-refractivity contribution < 1.29 is 9.13 Å². The molecule has 4 rings (SSSR count). The highest BCUT2D eigenvalue weighted by Crippen LogP contribution is 2.24. The van der Waals surface area contributed by atoms with Gasteiger partial charge in [0.15, 0.2) is 0 Å². The van der Waals surface area contributed by atoms with Crippen molar-refractivity contribution in [3.8, 4) is 0 Å². The van der Waals surface area contributed by atoms with Crippen LogP contribution in [0.1, 0.15) is 28.1 Å². The van der Waals surface area contributed by atoms with Crippen LogP contribution in [-0.2, 0) is 36.8 Å². The zero-order valence-corrected chi connectivity index (χ0v) is 18.9. The van der Waals surface area contributed by atoms with Crippen LogP contribution in [0.2, 0.25) is 5.02 Å². The van der Waals surface area contributed by atoms with Crippen molar-refractivity contribution in [2.45, 2.75) is 32.1 Å². The minimum Gasteiger partial charge on any atom is -0.384 e. The molecule has 0 aliphatic heterocycles. The summed E-state index contributed by atoms with van der Waals surface area (Å²) in [6.45, 7) is 0.666. The van der Waals surface area contributed by atoms with E-state index < -0.39 is 0 Å². The largest absolute Gasteiger partial charge is 0.384 e. The maximum absolute atomic E-state index is 15.1. The lowest BCUT2D eigenvalue weighted by Crippen LogP contribution is -2.01. The molecule has 0 aliphatic carbocycles. The number of methoxy groups -OCH3 is 1. The maximum Gasteiger partial charge on any atom is 0.134 e. The SMILES string of the molecule is COCCc1cnc(CCc2ccc3c(F)c(CCc4ccc(Cl)cc4)ccc3c2)nc1. The molecule has 0 spiro atoms. The Hall–Kier alpha value is -2.82. The second-order valence-corrected chi connectivity index (χ2v) is 8.41. The Morgan fingerprint density at radius 3 is 2.25 bits per heavy atom. The van der Waals surface area contributed by atoms with E-state index in [1.165, 1.54) is 0 Å². The summed E-state index contributed by atoms with van der Waals surface area (Å²) >= 11 is 5.94. The predicted octanol–water partition coefficient (Wildman–Crippen LogP) is 6.18.